The van der Waals surface area contributed by atoms with Crippen molar-refractivity contribution in [3.63, 3.8) is 0 Å². The lowest BCUT2D eigenvalue weighted by atomic mass is 10.1. The molecule has 3 aromatic rings. The first kappa shape index (κ1) is 9.23. The standard InChI is InChI=1S/C11H8N4S/c16-11-8-9(7-4-2-1-3-5-7)14-15-10(8)12-6-13-11/h1-6H,(H2,12,13,14,15,16). The van der Waals surface area contributed by atoms with Crippen LogP contribution in [-0.2, 0) is 0 Å². The van der Waals surface area contributed by atoms with Crippen molar-refractivity contribution in [1.29, 1.82) is 0 Å². The topological polar surface area (TPSA) is 57.4 Å². The average molecular weight is 228 g/mol. The van der Waals surface area contributed by atoms with E-state index in [4.69, 9.17) is 12.2 Å². The summed E-state index contributed by atoms with van der Waals surface area (Å²) in [7, 11) is 0. The van der Waals surface area contributed by atoms with Crippen molar-refractivity contribution in [2.24, 2.45) is 0 Å². The highest BCUT2D eigenvalue weighted by molar-refractivity contribution is 7.71. The van der Waals surface area contributed by atoms with Crippen molar-refractivity contribution in [2.45, 2.75) is 0 Å². The Balaban J connectivity index is 2.38. The van der Waals surface area contributed by atoms with Crippen molar-refractivity contribution < 1.29 is 0 Å². The lowest BCUT2D eigenvalue weighted by Crippen LogP contribution is -1.82. The molecule has 0 amide bonds. The summed E-state index contributed by atoms with van der Waals surface area (Å²) in [6.45, 7) is 0. The molecule has 0 unspecified atom stereocenters. The van der Waals surface area contributed by atoms with E-state index >= 15 is 0 Å². The summed E-state index contributed by atoms with van der Waals surface area (Å²) < 4.78 is 0.557. The summed E-state index contributed by atoms with van der Waals surface area (Å²) in [5, 5.41) is 8.02. The van der Waals surface area contributed by atoms with E-state index in [-0.39, 0.29) is 0 Å². The number of nitrogens with one attached hydrogen (secondary N) is 2. The molecule has 0 saturated heterocycles. The molecule has 0 aliphatic heterocycles. The van der Waals surface area contributed by atoms with Gasteiger partial charge in [-0.2, -0.15) is 5.10 Å². The first-order valence-corrected chi connectivity index (χ1v) is 5.24. The number of aromatic nitrogens is 4. The largest absolute Gasteiger partial charge is 0.329 e. The van der Waals surface area contributed by atoms with E-state index in [0.29, 0.717) is 4.64 Å². The normalized spacial score (nSPS) is 10.8. The zero-order valence-electron chi connectivity index (χ0n) is 8.27. The molecule has 5 heteroatoms. The Morgan fingerprint density at radius 3 is 2.75 bits per heavy atom. The maximum absolute atomic E-state index is 5.20. The van der Waals surface area contributed by atoms with Gasteiger partial charge in [0, 0.05) is 5.56 Å². The van der Waals surface area contributed by atoms with Gasteiger partial charge >= 0.3 is 0 Å². The third kappa shape index (κ3) is 1.33. The smallest absolute Gasteiger partial charge is 0.163 e. The Morgan fingerprint density at radius 1 is 1.12 bits per heavy atom. The van der Waals surface area contributed by atoms with Gasteiger partial charge in [-0.3, -0.25) is 5.10 Å². The van der Waals surface area contributed by atoms with Crippen LogP contribution < -0.4 is 0 Å². The Kier molecular flexibility index (Phi) is 2.04. The molecule has 4 nitrogen and oxygen atoms in total. The minimum atomic E-state index is 0.557. The Hall–Kier alpha value is -2.01. The van der Waals surface area contributed by atoms with Crippen LogP contribution in [0.25, 0.3) is 22.3 Å². The molecule has 3 rings (SSSR count). The first-order valence-electron chi connectivity index (χ1n) is 4.83. The van der Waals surface area contributed by atoms with Gasteiger partial charge in [-0.05, 0) is 0 Å². The third-order valence-electron chi connectivity index (χ3n) is 2.43. The molecule has 0 bridgehead atoms. The van der Waals surface area contributed by atoms with Gasteiger partial charge in [0.05, 0.1) is 17.4 Å². The van der Waals surface area contributed by atoms with E-state index in [1.54, 1.807) is 6.33 Å². The van der Waals surface area contributed by atoms with Gasteiger partial charge in [-0.1, -0.05) is 42.5 Å². The molecule has 0 aliphatic rings. The van der Waals surface area contributed by atoms with E-state index in [1.807, 2.05) is 30.3 Å². The number of H-pyrrole nitrogens is 2. The van der Waals surface area contributed by atoms with Crippen molar-refractivity contribution in [1.82, 2.24) is 20.2 Å². The van der Waals surface area contributed by atoms with E-state index < -0.39 is 0 Å². The summed E-state index contributed by atoms with van der Waals surface area (Å²) >= 11 is 5.20. The first-order chi connectivity index (χ1) is 7.86. The fourth-order valence-electron chi connectivity index (χ4n) is 1.68. The van der Waals surface area contributed by atoms with E-state index in [2.05, 4.69) is 20.2 Å². The van der Waals surface area contributed by atoms with Crippen LogP contribution in [-0.4, -0.2) is 20.2 Å². The lowest BCUT2D eigenvalue weighted by molar-refractivity contribution is 1.09. The summed E-state index contributed by atoms with van der Waals surface area (Å²) in [4.78, 5) is 7.03. The lowest BCUT2D eigenvalue weighted by Gasteiger charge is -1.97. The molecule has 1 aromatic carbocycles. The van der Waals surface area contributed by atoms with Crippen LogP contribution in [0.3, 0.4) is 0 Å². The number of benzene rings is 1. The maximum atomic E-state index is 5.20. The second-order valence-corrected chi connectivity index (χ2v) is 3.78. The molecule has 0 saturated carbocycles. The number of nitrogens with zero attached hydrogens (tertiary/aromatic N) is 2. The van der Waals surface area contributed by atoms with E-state index in [0.717, 1.165) is 22.3 Å². The molecular weight excluding hydrogens is 220 g/mol. The Labute approximate surface area is 96.4 Å². The predicted molar refractivity (Wildman–Crippen MR) is 64.5 cm³/mol. The van der Waals surface area contributed by atoms with Gasteiger partial charge in [-0.25, -0.2) is 4.98 Å². The second-order valence-electron chi connectivity index (χ2n) is 3.40. The second kappa shape index (κ2) is 3.53. The molecule has 0 fully saturated rings. The molecule has 2 heterocycles. The van der Waals surface area contributed by atoms with E-state index in [9.17, 15) is 0 Å². The zero-order valence-corrected chi connectivity index (χ0v) is 9.08. The van der Waals surface area contributed by atoms with Crippen molar-refractivity contribution >= 4 is 23.3 Å². The zero-order chi connectivity index (χ0) is 11.0. The van der Waals surface area contributed by atoms with Gasteiger partial charge in [0.2, 0.25) is 0 Å². The van der Waals surface area contributed by atoms with Gasteiger partial charge < -0.3 is 4.98 Å². The quantitative estimate of drug-likeness (QED) is 0.629. The highest BCUT2D eigenvalue weighted by Gasteiger charge is 2.08. The fourth-order valence-corrected chi connectivity index (χ4v) is 1.94. The summed E-state index contributed by atoms with van der Waals surface area (Å²) in [5.74, 6) is 0. The fraction of sp³-hybridized carbons (Fsp3) is 0. The minimum absolute atomic E-state index is 0.557. The SMILES string of the molecule is S=c1nc[nH]c2n[nH]c(-c3ccccc3)c12. The van der Waals surface area contributed by atoms with Gasteiger partial charge in [-0.15, -0.1) is 0 Å². The monoisotopic (exact) mass is 228 g/mol. The highest BCUT2D eigenvalue weighted by Crippen LogP contribution is 2.24. The molecule has 0 aliphatic carbocycles. The molecule has 0 radical (unpaired) electrons. The molecule has 0 atom stereocenters. The average Bonchev–Trinajstić information content (AvgIpc) is 2.75. The predicted octanol–water partition coefficient (Wildman–Crippen LogP) is 2.68. The van der Waals surface area contributed by atoms with Gasteiger partial charge in [0.15, 0.2) is 5.65 Å². The number of hydrogen-bond acceptors (Lipinski definition) is 3. The van der Waals surface area contributed by atoms with Crippen LogP contribution in [0.1, 0.15) is 0 Å². The molecule has 2 N–H and O–H groups in total. The number of hydrogen-bond donors (Lipinski definition) is 2. The summed E-state index contributed by atoms with van der Waals surface area (Å²) in [6, 6.07) is 9.95. The van der Waals surface area contributed by atoms with Crippen LogP contribution >= 0.6 is 12.2 Å². The van der Waals surface area contributed by atoms with Crippen LogP contribution in [0.4, 0.5) is 0 Å². The van der Waals surface area contributed by atoms with E-state index in [1.165, 1.54) is 0 Å². The summed E-state index contributed by atoms with van der Waals surface area (Å²) in [6.07, 6.45) is 1.56. The number of fused-ring (bicyclic) bond motifs is 1. The third-order valence-corrected chi connectivity index (χ3v) is 2.74. The molecule has 2 aromatic heterocycles. The van der Waals surface area contributed by atoms with Gasteiger partial charge in [0.25, 0.3) is 0 Å². The Bertz CT molecular complexity index is 684. The Morgan fingerprint density at radius 2 is 1.94 bits per heavy atom. The maximum Gasteiger partial charge on any atom is 0.163 e. The minimum Gasteiger partial charge on any atom is -0.329 e. The number of aromatic amines is 2. The van der Waals surface area contributed by atoms with Crippen LogP contribution in [0.2, 0.25) is 0 Å². The molecular formula is C11H8N4S. The van der Waals surface area contributed by atoms with Crippen molar-refractivity contribution in [2.75, 3.05) is 0 Å². The summed E-state index contributed by atoms with van der Waals surface area (Å²) in [5.41, 5.74) is 2.70. The van der Waals surface area contributed by atoms with Crippen LogP contribution in [0, 0.1) is 4.64 Å². The van der Waals surface area contributed by atoms with Crippen LogP contribution in [0.15, 0.2) is 36.7 Å². The van der Waals surface area contributed by atoms with Gasteiger partial charge in [0.1, 0.15) is 4.64 Å². The molecule has 78 valence electrons. The highest BCUT2D eigenvalue weighted by atomic mass is 32.1. The van der Waals surface area contributed by atoms with Crippen molar-refractivity contribution in [3.8, 4) is 11.3 Å². The van der Waals surface area contributed by atoms with Crippen LogP contribution in [0.5, 0.6) is 0 Å². The number of rotatable bonds is 1. The molecule has 16 heavy (non-hydrogen) atoms. The van der Waals surface area contributed by atoms with Crippen molar-refractivity contribution in [3.05, 3.63) is 41.3 Å². The molecule has 0 spiro atoms.